The van der Waals surface area contributed by atoms with Crippen LogP contribution in [0, 0.1) is 5.92 Å². The molecule has 2 rings (SSSR count). The molecule has 0 saturated heterocycles. The molecule has 0 spiro atoms. The Labute approximate surface area is 108 Å². The van der Waals surface area contributed by atoms with E-state index in [1.807, 2.05) is 0 Å². The number of carboxylic acids is 1. The highest BCUT2D eigenvalue weighted by Crippen LogP contribution is 2.27. The molecule has 0 unspecified atom stereocenters. The van der Waals surface area contributed by atoms with E-state index in [4.69, 9.17) is 10.2 Å². The van der Waals surface area contributed by atoms with Crippen LogP contribution >= 0.6 is 11.3 Å². The maximum atomic E-state index is 11.8. The molecule has 0 atom stereocenters. The van der Waals surface area contributed by atoms with Gasteiger partial charge in [-0.05, 0) is 24.8 Å². The predicted molar refractivity (Wildman–Crippen MR) is 65.2 cm³/mol. The number of aliphatic hydroxyl groups is 1. The summed E-state index contributed by atoms with van der Waals surface area (Å²) in [6, 6.07) is 1.14. The van der Waals surface area contributed by atoms with E-state index in [0.29, 0.717) is 12.8 Å². The van der Waals surface area contributed by atoms with Gasteiger partial charge in [-0.2, -0.15) is 0 Å². The first kappa shape index (κ1) is 13.5. The van der Waals surface area contributed by atoms with Crippen LogP contribution in [0.4, 0.5) is 0 Å². The van der Waals surface area contributed by atoms with Crippen LogP contribution in [0.15, 0.2) is 15.7 Å². The second-order valence-corrected chi connectivity index (χ2v) is 7.21. The van der Waals surface area contributed by atoms with E-state index >= 15 is 0 Å². The van der Waals surface area contributed by atoms with Gasteiger partial charge in [0.05, 0.1) is 11.7 Å². The molecule has 0 aliphatic heterocycles. The van der Waals surface area contributed by atoms with Gasteiger partial charge in [-0.25, -0.2) is 17.9 Å². The Morgan fingerprint density at radius 1 is 1.50 bits per heavy atom. The summed E-state index contributed by atoms with van der Waals surface area (Å²) in [4.78, 5) is 10.7. The number of thiophene rings is 1. The van der Waals surface area contributed by atoms with Gasteiger partial charge in [-0.1, -0.05) is 0 Å². The number of sulfonamides is 1. The first-order valence-corrected chi connectivity index (χ1v) is 7.74. The van der Waals surface area contributed by atoms with Crippen LogP contribution in [0.25, 0.3) is 0 Å². The molecule has 1 aromatic rings. The molecule has 0 bridgehead atoms. The van der Waals surface area contributed by atoms with Gasteiger partial charge in [-0.15, -0.1) is 11.3 Å². The fourth-order valence-corrected chi connectivity index (χ4v) is 4.05. The lowest BCUT2D eigenvalue weighted by molar-refractivity contribution is 0.0453. The molecule has 6 nitrogen and oxygen atoms in total. The summed E-state index contributed by atoms with van der Waals surface area (Å²) in [5, 5.41) is 19.1. The Kier molecular flexibility index (Phi) is 3.71. The fourth-order valence-electron chi connectivity index (χ4n) is 1.74. The highest BCUT2D eigenvalue weighted by molar-refractivity contribution is 7.91. The zero-order chi connectivity index (χ0) is 13.3. The highest BCUT2D eigenvalue weighted by Gasteiger charge is 2.29. The first-order valence-electron chi connectivity index (χ1n) is 5.38. The number of hydrogen-bond donors (Lipinski definition) is 3. The second kappa shape index (κ2) is 4.96. The van der Waals surface area contributed by atoms with Crippen molar-refractivity contribution in [1.29, 1.82) is 0 Å². The minimum absolute atomic E-state index is 0.000211. The SMILES string of the molecule is O=C(O)c1csc(S(=O)(=O)NCC2CC(O)C2)c1. The monoisotopic (exact) mass is 291 g/mol. The highest BCUT2D eigenvalue weighted by atomic mass is 32.2. The van der Waals surface area contributed by atoms with Gasteiger partial charge in [0, 0.05) is 11.9 Å². The maximum Gasteiger partial charge on any atom is 0.336 e. The quantitative estimate of drug-likeness (QED) is 0.732. The molecule has 1 fully saturated rings. The van der Waals surface area contributed by atoms with E-state index in [2.05, 4.69) is 4.72 Å². The minimum Gasteiger partial charge on any atom is -0.478 e. The average molecular weight is 291 g/mol. The van der Waals surface area contributed by atoms with Crippen LogP contribution in [-0.4, -0.2) is 37.2 Å². The van der Waals surface area contributed by atoms with Crippen molar-refractivity contribution in [2.45, 2.75) is 23.2 Å². The number of carbonyl (C=O) groups is 1. The molecule has 1 aliphatic carbocycles. The summed E-state index contributed by atoms with van der Waals surface area (Å²) in [5.41, 5.74) is -0.0283. The Bertz CT molecular complexity index is 544. The molecule has 100 valence electrons. The molecule has 1 aliphatic rings. The Hall–Kier alpha value is -0.960. The zero-order valence-corrected chi connectivity index (χ0v) is 11.0. The van der Waals surface area contributed by atoms with Crippen molar-refractivity contribution in [3.8, 4) is 0 Å². The Morgan fingerprint density at radius 3 is 2.67 bits per heavy atom. The Morgan fingerprint density at radius 2 is 2.17 bits per heavy atom. The Balaban J connectivity index is 1.99. The zero-order valence-electron chi connectivity index (χ0n) is 9.37. The summed E-state index contributed by atoms with van der Waals surface area (Å²) in [6.45, 7) is 0.277. The van der Waals surface area contributed by atoms with E-state index < -0.39 is 16.0 Å². The van der Waals surface area contributed by atoms with E-state index in [9.17, 15) is 13.2 Å². The summed E-state index contributed by atoms with van der Waals surface area (Å²) < 4.78 is 26.1. The standard InChI is InChI=1S/C10H13NO5S2/c12-8-1-6(2-8)4-11-18(15,16)9-3-7(5-17-9)10(13)14/h3,5-6,8,11-12H,1-2,4H2,(H,13,14). The third kappa shape index (κ3) is 2.89. The van der Waals surface area contributed by atoms with Gasteiger partial charge in [0.2, 0.25) is 10.0 Å². The summed E-state index contributed by atoms with van der Waals surface area (Å²) in [7, 11) is -3.64. The van der Waals surface area contributed by atoms with Crippen LogP contribution in [0.2, 0.25) is 0 Å². The number of nitrogens with one attached hydrogen (secondary N) is 1. The first-order chi connectivity index (χ1) is 8.38. The van der Waals surface area contributed by atoms with Crippen LogP contribution in [0.3, 0.4) is 0 Å². The largest absolute Gasteiger partial charge is 0.478 e. The van der Waals surface area contributed by atoms with Crippen molar-refractivity contribution in [3.63, 3.8) is 0 Å². The van der Waals surface area contributed by atoms with Gasteiger partial charge >= 0.3 is 5.97 Å². The lowest BCUT2D eigenvalue weighted by Gasteiger charge is -2.31. The van der Waals surface area contributed by atoms with E-state index in [1.54, 1.807) is 0 Å². The molecule has 0 amide bonds. The molecule has 0 radical (unpaired) electrons. The minimum atomic E-state index is -3.64. The fraction of sp³-hybridized carbons (Fsp3) is 0.500. The molecule has 1 heterocycles. The van der Waals surface area contributed by atoms with Crippen molar-refractivity contribution in [2.24, 2.45) is 5.92 Å². The third-order valence-corrected chi connectivity index (χ3v) is 5.72. The van der Waals surface area contributed by atoms with Crippen molar-refractivity contribution in [2.75, 3.05) is 6.54 Å². The van der Waals surface area contributed by atoms with Crippen molar-refractivity contribution < 1.29 is 23.4 Å². The number of aliphatic hydroxyl groups excluding tert-OH is 1. The third-order valence-electron chi connectivity index (χ3n) is 2.86. The van der Waals surface area contributed by atoms with Gasteiger partial charge in [0.15, 0.2) is 0 Å². The molecule has 3 N–H and O–H groups in total. The van der Waals surface area contributed by atoms with E-state index in [1.165, 1.54) is 5.38 Å². The molecule has 0 aromatic carbocycles. The van der Waals surface area contributed by atoms with Gasteiger partial charge in [-0.3, -0.25) is 0 Å². The normalized spacial score (nSPS) is 23.6. The molecule has 1 saturated carbocycles. The van der Waals surface area contributed by atoms with Gasteiger partial charge < -0.3 is 10.2 Å². The molecule has 18 heavy (non-hydrogen) atoms. The van der Waals surface area contributed by atoms with Crippen LogP contribution < -0.4 is 4.72 Å². The van der Waals surface area contributed by atoms with Crippen LogP contribution in [0.1, 0.15) is 23.2 Å². The van der Waals surface area contributed by atoms with Crippen molar-refractivity contribution >= 4 is 27.3 Å². The number of carboxylic acid groups (broad SMARTS) is 1. The summed E-state index contributed by atoms with van der Waals surface area (Å²) >= 11 is 0.882. The number of aromatic carboxylic acids is 1. The van der Waals surface area contributed by atoms with Gasteiger partial charge in [0.25, 0.3) is 0 Å². The van der Waals surface area contributed by atoms with E-state index in [-0.39, 0.29) is 28.3 Å². The van der Waals surface area contributed by atoms with Crippen LogP contribution in [0.5, 0.6) is 0 Å². The number of hydrogen-bond acceptors (Lipinski definition) is 5. The van der Waals surface area contributed by atoms with E-state index in [0.717, 1.165) is 17.4 Å². The maximum absolute atomic E-state index is 11.8. The van der Waals surface area contributed by atoms with Crippen LogP contribution in [-0.2, 0) is 10.0 Å². The lowest BCUT2D eigenvalue weighted by Crippen LogP contribution is -2.38. The smallest absolute Gasteiger partial charge is 0.336 e. The molecular formula is C10H13NO5S2. The predicted octanol–water partition coefficient (Wildman–Crippen LogP) is 0.496. The second-order valence-electron chi connectivity index (χ2n) is 4.30. The van der Waals surface area contributed by atoms with Gasteiger partial charge in [0.1, 0.15) is 4.21 Å². The number of rotatable bonds is 5. The van der Waals surface area contributed by atoms with Crippen molar-refractivity contribution in [1.82, 2.24) is 4.72 Å². The lowest BCUT2D eigenvalue weighted by atomic mass is 9.83. The molecule has 1 aromatic heterocycles. The topological polar surface area (TPSA) is 104 Å². The summed E-state index contributed by atoms with van der Waals surface area (Å²) in [6.07, 6.45) is 0.889. The van der Waals surface area contributed by atoms with Crippen molar-refractivity contribution in [3.05, 3.63) is 17.0 Å². The molecule has 8 heteroatoms. The average Bonchev–Trinajstić information content (AvgIpc) is 2.72. The molecular weight excluding hydrogens is 278 g/mol. The summed E-state index contributed by atoms with van der Waals surface area (Å²) in [5.74, 6) is -0.983.